The predicted molar refractivity (Wildman–Crippen MR) is 79.5 cm³/mol. The Bertz CT molecular complexity index is 676. The molecule has 1 aromatic rings. The molecular weight excluding hydrogens is 353 g/mol. The van der Waals surface area contributed by atoms with Crippen molar-refractivity contribution in [2.45, 2.75) is 44.8 Å². The van der Waals surface area contributed by atoms with Crippen molar-refractivity contribution < 1.29 is 35.0 Å². The summed E-state index contributed by atoms with van der Waals surface area (Å²) in [6.45, 7) is 6.32. The van der Waals surface area contributed by atoms with Crippen LogP contribution in [0.25, 0.3) is 0 Å². The summed E-state index contributed by atoms with van der Waals surface area (Å²) in [7, 11) is -8.56. The van der Waals surface area contributed by atoms with Crippen molar-refractivity contribution >= 4 is 17.7 Å². The third kappa shape index (κ3) is 6.27. The van der Waals surface area contributed by atoms with Crippen LogP contribution >= 0.6 is 7.60 Å². The third-order valence-electron chi connectivity index (χ3n) is 2.27. The minimum Gasteiger partial charge on any atom is -0.304 e. The molecule has 0 saturated heterocycles. The first-order chi connectivity index (χ1) is 10.4. The van der Waals surface area contributed by atoms with Crippen LogP contribution < -0.4 is 0 Å². The van der Waals surface area contributed by atoms with Crippen LogP contribution in [0.5, 0.6) is 0 Å². The third-order valence-corrected chi connectivity index (χ3v) is 5.66. The van der Waals surface area contributed by atoms with E-state index in [1.165, 1.54) is 0 Å². The average molecular weight is 372 g/mol. The topological polar surface area (TPSA) is 78.9 Å². The molecule has 0 N–H and O–H groups in total. The van der Waals surface area contributed by atoms with Gasteiger partial charge in [0, 0.05) is 0 Å². The molecule has 6 nitrogen and oxygen atoms in total. The molecule has 0 aromatic heterocycles. The van der Waals surface area contributed by atoms with Crippen molar-refractivity contribution in [2.75, 3.05) is 6.35 Å². The Morgan fingerprint density at radius 3 is 2.09 bits per heavy atom. The molecule has 0 amide bonds. The van der Waals surface area contributed by atoms with Crippen molar-refractivity contribution in [3.63, 3.8) is 0 Å². The minimum absolute atomic E-state index is 0.474. The maximum Gasteiger partial charge on any atom is 0.358 e. The van der Waals surface area contributed by atoms with E-state index in [0.29, 0.717) is 12.1 Å². The molecule has 0 fully saturated rings. The summed E-state index contributed by atoms with van der Waals surface area (Å²) < 4.78 is 77.8. The lowest BCUT2D eigenvalue weighted by Gasteiger charge is -2.22. The SMILES string of the molecule is CC(C)OP(=O)(COS(=O)(=O)c1cc(F)ccc1F)OC(C)C. The lowest BCUT2D eigenvalue weighted by atomic mass is 10.3. The molecule has 0 unspecified atom stereocenters. The van der Waals surface area contributed by atoms with Gasteiger partial charge in [-0.2, -0.15) is 8.42 Å². The van der Waals surface area contributed by atoms with Crippen LogP contribution in [-0.4, -0.2) is 27.0 Å². The van der Waals surface area contributed by atoms with Gasteiger partial charge in [-0.05, 0) is 45.9 Å². The fourth-order valence-electron chi connectivity index (χ4n) is 1.59. The Hall–Kier alpha value is -0.860. The fraction of sp³-hybridized carbons (Fsp3) is 0.538. The Kier molecular flexibility index (Phi) is 6.85. The second kappa shape index (κ2) is 7.81. The first-order valence-corrected chi connectivity index (χ1v) is 9.89. The van der Waals surface area contributed by atoms with E-state index in [0.717, 1.165) is 6.07 Å². The maximum atomic E-state index is 13.5. The average Bonchev–Trinajstić information content (AvgIpc) is 2.37. The number of benzene rings is 1. The van der Waals surface area contributed by atoms with Gasteiger partial charge in [0.05, 0.1) is 12.2 Å². The van der Waals surface area contributed by atoms with Gasteiger partial charge in [-0.15, -0.1) is 0 Å². The molecule has 0 radical (unpaired) electrons. The Morgan fingerprint density at radius 2 is 1.61 bits per heavy atom. The van der Waals surface area contributed by atoms with Crippen molar-refractivity contribution in [3.05, 3.63) is 29.8 Å². The molecule has 0 aliphatic heterocycles. The number of rotatable bonds is 8. The molecule has 1 aromatic carbocycles. The van der Waals surface area contributed by atoms with Crippen LogP contribution in [-0.2, 0) is 27.9 Å². The van der Waals surface area contributed by atoms with E-state index in [2.05, 4.69) is 4.18 Å². The monoisotopic (exact) mass is 372 g/mol. The molecular formula is C13H19F2O6PS. The van der Waals surface area contributed by atoms with Gasteiger partial charge in [0.25, 0.3) is 0 Å². The summed E-state index contributed by atoms with van der Waals surface area (Å²) in [6, 6.07) is 1.89. The molecule has 0 atom stereocenters. The van der Waals surface area contributed by atoms with Crippen LogP contribution in [0.15, 0.2) is 23.1 Å². The van der Waals surface area contributed by atoms with Gasteiger partial charge in [-0.3, -0.25) is 8.75 Å². The van der Waals surface area contributed by atoms with Gasteiger partial charge in [-0.25, -0.2) is 8.78 Å². The Morgan fingerprint density at radius 1 is 1.09 bits per heavy atom. The summed E-state index contributed by atoms with van der Waals surface area (Å²) >= 11 is 0. The predicted octanol–water partition coefficient (Wildman–Crippen LogP) is 3.67. The van der Waals surface area contributed by atoms with Gasteiger partial charge >= 0.3 is 17.7 Å². The standard InChI is InChI=1S/C13H19F2O6PS/c1-9(2)20-22(16,21-10(3)4)8-19-23(17,18)13-7-11(14)5-6-12(13)15/h5-7,9-10H,8H2,1-4H3. The van der Waals surface area contributed by atoms with Gasteiger partial charge in [0.1, 0.15) is 16.5 Å². The summed E-state index contributed by atoms with van der Waals surface area (Å²) in [5, 5.41) is 0. The summed E-state index contributed by atoms with van der Waals surface area (Å²) in [6.07, 6.45) is -1.98. The molecule has 23 heavy (non-hydrogen) atoms. The van der Waals surface area contributed by atoms with E-state index in [4.69, 9.17) is 9.05 Å². The Labute approximate surface area is 134 Å². The maximum absolute atomic E-state index is 13.5. The van der Waals surface area contributed by atoms with Crippen LogP contribution in [0.4, 0.5) is 8.78 Å². The van der Waals surface area contributed by atoms with Crippen molar-refractivity contribution in [3.8, 4) is 0 Å². The number of hydrogen-bond donors (Lipinski definition) is 0. The van der Waals surface area contributed by atoms with Crippen molar-refractivity contribution in [2.24, 2.45) is 0 Å². The zero-order valence-corrected chi connectivity index (χ0v) is 14.9. The van der Waals surface area contributed by atoms with E-state index in [9.17, 15) is 21.8 Å². The molecule has 0 bridgehead atoms. The van der Waals surface area contributed by atoms with Crippen LogP contribution in [0, 0.1) is 11.6 Å². The summed E-state index contributed by atoms with van der Waals surface area (Å²) in [4.78, 5) is -0.988. The highest BCUT2D eigenvalue weighted by atomic mass is 32.2. The first-order valence-electron chi connectivity index (χ1n) is 6.75. The number of halogens is 2. The van der Waals surface area contributed by atoms with Gasteiger partial charge in [0.15, 0.2) is 6.35 Å². The molecule has 132 valence electrons. The highest BCUT2D eigenvalue weighted by molar-refractivity contribution is 7.87. The summed E-state index contributed by atoms with van der Waals surface area (Å²) in [5.74, 6) is -2.13. The van der Waals surface area contributed by atoms with Gasteiger partial charge in [0.2, 0.25) is 0 Å². The van der Waals surface area contributed by atoms with E-state index >= 15 is 0 Å². The largest absolute Gasteiger partial charge is 0.358 e. The lowest BCUT2D eigenvalue weighted by Crippen LogP contribution is -2.15. The van der Waals surface area contributed by atoms with Crippen LogP contribution in [0.1, 0.15) is 27.7 Å². The van der Waals surface area contributed by atoms with Crippen molar-refractivity contribution in [1.82, 2.24) is 0 Å². The zero-order chi connectivity index (χ0) is 17.8. The summed E-state index contributed by atoms with van der Waals surface area (Å²) in [5.41, 5.74) is 0. The quantitative estimate of drug-likeness (QED) is 0.512. The first kappa shape index (κ1) is 20.2. The van der Waals surface area contributed by atoms with Crippen LogP contribution in [0.3, 0.4) is 0 Å². The molecule has 0 heterocycles. The molecule has 1 rings (SSSR count). The molecule has 0 aliphatic carbocycles. The van der Waals surface area contributed by atoms with Crippen molar-refractivity contribution in [1.29, 1.82) is 0 Å². The normalized spacial score (nSPS) is 13.0. The smallest absolute Gasteiger partial charge is 0.304 e. The second-order valence-corrected chi connectivity index (χ2v) is 8.68. The fourth-order valence-corrected chi connectivity index (χ4v) is 4.81. The second-order valence-electron chi connectivity index (χ2n) is 5.20. The Balaban J connectivity index is 2.99. The zero-order valence-electron chi connectivity index (χ0n) is 13.2. The number of hydrogen-bond acceptors (Lipinski definition) is 6. The van der Waals surface area contributed by atoms with Gasteiger partial charge in [-0.1, -0.05) is 0 Å². The highest BCUT2D eigenvalue weighted by Gasteiger charge is 2.32. The minimum atomic E-state index is -4.67. The highest BCUT2D eigenvalue weighted by Crippen LogP contribution is 2.51. The van der Waals surface area contributed by atoms with E-state index < -0.39 is 52.8 Å². The molecule has 0 spiro atoms. The lowest BCUT2D eigenvalue weighted by molar-refractivity contribution is 0.129. The molecule has 0 saturated carbocycles. The van der Waals surface area contributed by atoms with Gasteiger partial charge < -0.3 is 9.05 Å². The van der Waals surface area contributed by atoms with E-state index in [1.54, 1.807) is 27.7 Å². The molecule has 10 heteroatoms. The van der Waals surface area contributed by atoms with Crippen LogP contribution in [0.2, 0.25) is 0 Å². The van der Waals surface area contributed by atoms with E-state index in [1.807, 2.05) is 0 Å². The molecule has 0 aliphatic rings. The van der Waals surface area contributed by atoms with E-state index in [-0.39, 0.29) is 0 Å².